The zero-order chi connectivity index (χ0) is 26.8. The third-order valence-corrected chi connectivity index (χ3v) is 6.81. The van der Waals surface area contributed by atoms with Gasteiger partial charge in [-0.05, 0) is 42.7 Å². The van der Waals surface area contributed by atoms with Crippen LogP contribution < -0.4 is 15.4 Å². The molecule has 1 heterocycles. The smallest absolute Gasteiger partial charge is 0.305 e. The number of amides is 3. The molecule has 1 aromatic rings. The zero-order valence-electron chi connectivity index (χ0n) is 20.7. The molecule has 5 atom stereocenters. The standard InChI is InChI=1S/C25H32FN3O7/c1-25(2,3)21(28-22(33)16-6-5-7-17(36-4)19(16)26)24(35)29-15-9-8-13(10-15)20(29)23(34)27-14(12-30)11-18(31)32/h5-7,12-15,20-21H,8-11H2,1-4H3,(H,27,34)(H,28,33)(H,31,32). The maximum absolute atomic E-state index is 14.7. The van der Waals surface area contributed by atoms with Gasteiger partial charge < -0.3 is 30.2 Å². The number of nitrogens with zero attached hydrogens (tertiary/aromatic N) is 1. The lowest BCUT2D eigenvalue weighted by Gasteiger charge is -2.40. The molecule has 1 saturated carbocycles. The molecule has 2 bridgehead atoms. The molecule has 0 aromatic heterocycles. The Hall–Kier alpha value is -3.50. The number of benzene rings is 1. The molecule has 1 aromatic carbocycles. The number of aliphatic carboxylic acids is 1. The lowest BCUT2D eigenvalue weighted by molar-refractivity contribution is -0.147. The Morgan fingerprint density at radius 1 is 1.22 bits per heavy atom. The van der Waals surface area contributed by atoms with Crippen molar-refractivity contribution in [2.75, 3.05) is 7.11 Å². The van der Waals surface area contributed by atoms with Crippen LogP contribution in [0.15, 0.2) is 18.2 Å². The Labute approximate surface area is 208 Å². The first-order chi connectivity index (χ1) is 16.9. The number of rotatable bonds is 9. The molecule has 1 saturated heterocycles. The van der Waals surface area contributed by atoms with Crippen molar-refractivity contribution in [3.63, 3.8) is 0 Å². The van der Waals surface area contributed by atoms with Crippen LogP contribution in [0, 0.1) is 17.2 Å². The topological polar surface area (TPSA) is 142 Å². The van der Waals surface area contributed by atoms with Crippen LogP contribution in [0.3, 0.4) is 0 Å². The van der Waals surface area contributed by atoms with Crippen LogP contribution in [0.25, 0.3) is 0 Å². The second-order valence-corrected chi connectivity index (χ2v) is 10.4. The van der Waals surface area contributed by atoms with Crippen LogP contribution in [0.1, 0.15) is 56.8 Å². The van der Waals surface area contributed by atoms with Crippen LogP contribution >= 0.6 is 0 Å². The molecule has 1 aliphatic heterocycles. The van der Waals surface area contributed by atoms with E-state index in [2.05, 4.69) is 10.6 Å². The quantitative estimate of drug-likeness (QED) is 0.432. The first-order valence-corrected chi connectivity index (χ1v) is 11.8. The summed E-state index contributed by atoms with van der Waals surface area (Å²) in [5.74, 6) is -4.25. The normalized spacial score (nSPS) is 22.5. The molecule has 36 heavy (non-hydrogen) atoms. The van der Waals surface area contributed by atoms with Crippen molar-refractivity contribution in [1.29, 1.82) is 0 Å². The molecule has 11 heteroatoms. The fourth-order valence-corrected chi connectivity index (χ4v) is 5.08. The van der Waals surface area contributed by atoms with E-state index in [1.54, 1.807) is 20.8 Å². The van der Waals surface area contributed by atoms with Gasteiger partial charge in [0.2, 0.25) is 11.8 Å². The molecule has 10 nitrogen and oxygen atoms in total. The monoisotopic (exact) mass is 505 g/mol. The highest BCUT2D eigenvalue weighted by Gasteiger charge is 2.53. The predicted octanol–water partition coefficient (Wildman–Crippen LogP) is 1.52. The number of methoxy groups -OCH3 is 1. The van der Waals surface area contributed by atoms with Crippen molar-refractivity contribution < 1.29 is 38.2 Å². The van der Waals surface area contributed by atoms with E-state index >= 15 is 0 Å². The van der Waals surface area contributed by atoms with Crippen molar-refractivity contribution in [3.05, 3.63) is 29.6 Å². The van der Waals surface area contributed by atoms with Crippen LogP contribution in [0.2, 0.25) is 0 Å². The van der Waals surface area contributed by atoms with Crippen LogP contribution in [-0.2, 0) is 19.2 Å². The van der Waals surface area contributed by atoms with Crippen molar-refractivity contribution >= 4 is 30.0 Å². The average molecular weight is 506 g/mol. The number of nitrogens with one attached hydrogen (secondary N) is 2. The molecule has 2 aliphatic rings. The minimum absolute atomic E-state index is 0.110. The number of likely N-dealkylation sites (tertiary alicyclic amines) is 1. The van der Waals surface area contributed by atoms with Crippen LogP contribution in [-0.4, -0.2) is 71.3 Å². The summed E-state index contributed by atoms with van der Waals surface area (Å²) in [7, 11) is 1.28. The number of ether oxygens (including phenoxy) is 1. The molecule has 2 fully saturated rings. The summed E-state index contributed by atoms with van der Waals surface area (Å²) in [5, 5.41) is 14.1. The number of carbonyl (C=O) groups is 5. The summed E-state index contributed by atoms with van der Waals surface area (Å²) in [6, 6.07) is 0.676. The summed E-state index contributed by atoms with van der Waals surface area (Å²) in [4.78, 5) is 63.7. The Morgan fingerprint density at radius 3 is 2.50 bits per heavy atom. The highest BCUT2D eigenvalue weighted by Crippen LogP contribution is 2.43. The zero-order valence-corrected chi connectivity index (χ0v) is 20.7. The number of halogens is 1. The van der Waals surface area contributed by atoms with Gasteiger partial charge in [-0.1, -0.05) is 26.8 Å². The lowest BCUT2D eigenvalue weighted by Crippen LogP contribution is -2.61. The molecule has 1 aliphatic carbocycles. The highest BCUT2D eigenvalue weighted by atomic mass is 19.1. The maximum Gasteiger partial charge on any atom is 0.305 e. The van der Waals surface area contributed by atoms with E-state index in [0.717, 1.165) is 0 Å². The second kappa shape index (κ2) is 10.6. The van der Waals surface area contributed by atoms with Gasteiger partial charge >= 0.3 is 5.97 Å². The maximum atomic E-state index is 14.7. The summed E-state index contributed by atoms with van der Waals surface area (Å²) < 4.78 is 19.6. The number of piperidine rings is 1. The Kier molecular flexibility index (Phi) is 8.00. The second-order valence-electron chi connectivity index (χ2n) is 10.4. The van der Waals surface area contributed by atoms with Gasteiger partial charge in [0.05, 0.1) is 25.1 Å². The minimum atomic E-state index is -1.24. The van der Waals surface area contributed by atoms with E-state index in [1.165, 1.54) is 30.2 Å². The fraction of sp³-hybridized carbons (Fsp3) is 0.560. The highest BCUT2D eigenvalue weighted by molar-refractivity contribution is 5.99. The molecule has 3 amide bonds. The van der Waals surface area contributed by atoms with E-state index in [0.29, 0.717) is 25.5 Å². The first-order valence-electron chi connectivity index (χ1n) is 11.8. The van der Waals surface area contributed by atoms with Gasteiger partial charge in [-0.15, -0.1) is 0 Å². The van der Waals surface area contributed by atoms with Crippen molar-refractivity contribution in [2.45, 2.75) is 70.6 Å². The number of hydrogen-bond donors (Lipinski definition) is 3. The van der Waals surface area contributed by atoms with E-state index in [1.807, 2.05) is 0 Å². The predicted molar refractivity (Wildman–Crippen MR) is 126 cm³/mol. The van der Waals surface area contributed by atoms with E-state index in [-0.39, 0.29) is 23.3 Å². The van der Waals surface area contributed by atoms with Crippen molar-refractivity contribution in [1.82, 2.24) is 15.5 Å². The van der Waals surface area contributed by atoms with Crippen molar-refractivity contribution in [2.24, 2.45) is 11.3 Å². The fourth-order valence-electron chi connectivity index (χ4n) is 5.08. The van der Waals surface area contributed by atoms with Gasteiger partial charge in [-0.25, -0.2) is 4.39 Å². The Bertz CT molecular complexity index is 1050. The third-order valence-electron chi connectivity index (χ3n) is 6.81. The van der Waals surface area contributed by atoms with Gasteiger partial charge in [-0.2, -0.15) is 0 Å². The Balaban J connectivity index is 1.86. The molecular weight excluding hydrogens is 473 g/mol. The van der Waals surface area contributed by atoms with Gasteiger partial charge in [0.1, 0.15) is 18.4 Å². The molecular formula is C25H32FN3O7. The summed E-state index contributed by atoms with van der Waals surface area (Å²) in [5.41, 5.74) is -1.07. The number of carboxylic acid groups (broad SMARTS) is 1. The number of fused-ring (bicyclic) bond motifs is 2. The summed E-state index contributed by atoms with van der Waals surface area (Å²) in [6.07, 6.45) is 1.76. The van der Waals surface area contributed by atoms with Gasteiger partial charge in [-0.3, -0.25) is 19.2 Å². The SMILES string of the molecule is COc1cccc(C(=O)NC(C(=O)N2C3CCC(C3)C2C(=O)NC(C=O)CC(=O)O)C(C)(C)C)c1F. The van der Waals surface area contributed by atoms with Crippen LogP contribution in [0.5, 0.6) is 5.75 Å². The minimum Gasteiger partial charge on any atom is -0.494 e. The van der Waals surface area contributed by atoms with Crippen molar-refractivity contribution in [3.8, 4) is 5.75 Å². The molecule has 3 rings (SSSR count). The third kappa shape index (κ3) is 5.50. The molecule has 196 valence electrons. The molecule has 0 radical (unpaired) electrons. The average Bonchev–Trinajstić information content (AvgIpc) is 3.42. The number of hydrogen-bond acceptors (Lipinski definition) is 6. The molecule has 5 unspecified atom stereocenters. The number of carbonyl (C=O) groups excluding carboxylic acids is 4. The van der Waals surface area contributed by atoms with Gasteiger partial charge in [0.15, 0.2) is 11.6 Å². The Morgan fingerprint density at radius 2 is 1.92 bits per heavy atom. The first kappa shape index (κ1) is 27.1. The van der Waals surface area contributed by atoms with Gasteiger partial charge in [0.25, 0.3) is 5.91 Å². The lowest BCUT2D eigenvalue weighted by atomic mass is 9.84. The number of carboxylic acids is 1. The van der Waals surface area contributed by atoms with E-state index in [4.69, 9.17) is 9.84 Å². The van der Waals surface area contributed by atoms with E-state index in [9.17, 15) is 28.4 Å². The van der Waals surface area contributed by atoms with Gasteiger partial charge in [0, 0.05) is 6.04 Å². The van der Waals surface area contributed by atoms with E-state index < -0.39 is 59.5 Å². The number of aldehydes is 1. The largest absolute Gasteiger partial charge is 0.494 e. The van der Waals surface area contributed by atoms with Crippen LogP contribution in [0.4, 0.5) is 4.39 Å². The molecule has 0 spiro atoms. The summed E-state index contributed by atoms with van der Waals surface area (Å²) >= 11 is 0. The summed E-state index contributed by atoms with van der Waals surface area (Å²) in [6.45, 7) is 5.24. The molecule has 3 N–H and O–H groups in total.